The highest BCUT2D eigenvalue weighted by Crippen LogP contribution is 2.29. The van der Waals surface area contributed by atoms with Crippen molar-refractivity contribution in [3.8, 4) is 0 Å². The molecule has 0 radical (unpaired) electrons. The minimum atomic E-state index is -0.771. The zero-order valence-corrected chi connectivity index (χ0v) is 15.4. The van der Waals surface area contributed by atoms with Crippen LogP contribution >= 0.6 is 22.6 Å². The van der Waals surface area contributed by atoms with Crippen LogP contribution in [0.3, 0.4) is 0 Å². The molecule has 5 nitrogen and oxygen atoms in total. The summed E-state index contributed by atoms with van der Waals surface area (Å²) in [4.78, 5) is 11.9. The summed E-state index contributed by atoms with van der Waals surface area (Å²) >= 11 is 2.10. The molecule has 2 unspecified atom stereocenters. The molecule has 0 spiro atoms. The van der Waals surface area contributed by atoms with Crippen LogP contribution in [0.1, 0.15) is 46.5 Å². The summed E-state index contributed by atoms with van der Waals surface area (Å²) in [6.07, 6.45) is 2.22. The Morgan fingerprint density at radius 3 is 2.62 bits per heavy atom. The van der Waals surface area contributed by atoms with Crippen LogP contribution in [-0.2, 0) is 14.3 Å². The number of ether oxygens (including phenoxy) is 2. The third-order valence-corrected chi connectivity index (χ3v) is 4.52. The normalized spacial score (nSPS) is 20.0. The second-order valence-corrected chi connectivity index (χ2v) is 8.11. The van der Waals surface area contributed by atoms with Crippen molar-refractivity contribution in [2.75, 3.05) is 19.7 Å². The van der Waals surface area contributed by atoms with E-state index in [4.69, 9.17) is 9.47 Å². The van der Waals surface area contributed by atoms with E-state index in [9.17, 15) is 9.90 Å². The number of aliphatic hydroxyl groups is 1. The molecule has 0 aromatic heterocycles. The summed E-state index contributed by atoms with van der Waals surface area (Å²) in [5, 5.41) is 12.8. The van der Waals surface area contributed by atoms with Crippen LogP contribution in [0.15, 0.2) is 0 Å². The number of alkyl halides is 1. The summed E-state index contributed by atoms with van der Waals surface area (Å²) in [6, 6.07) is 0. The average Bonchev–Trinajstić information content (AvgIpc) is 2.43. The number of piperidine rings is 1. The van der Waals surface area contributed by atoms with Crippen LogP contribution in [0.5, 0.6) is 0 Å². The Hall–Kier alpha value is 0.0800. The van der Waals surface area contributed by atoms with Gasteiger partial charge in [0, 0.05) is 12.3 Å². The first-order chi connectivity index (χ1) is 9.83. The van der Waals surface area contributed by atoms with Crippen molar-refractivity contribution < 1.29 is 19.4 Å². The second-order valence-electron chi connectivity index (χ2n) is 6.14. The van der Waals surface area contributed by atoms with Crippen LogP contribution in [0.25, 0.3) is 0 Å². The molecule has 1 aliphatic heterocycles. The molecule has 1 aliphatic rings. The van der Waals surface area contributed by atoms with Gasteiger partial charge in [-0.2, -0.15) is 0 Å². The number of esters is 1. The molecule has 1 saturated heterocycles. The van der Waals surface area contributed by atoms with Gasteiger partial charge in [0.25, 0.3) is 0 Å². The van der Waals surface area contributed by atoms with Crippen molar-refractivity contribution in [1.29, 1.82) is 0 Å². The van der Waals surface area contributed by atoms with E-state index in [1.54, 1.807) is 0 Å². The Kier molecular flexibility index (Phi) is 8.44. The van der Waals surface area contributed by atoms with Gasteiger partial charge in [-0.1, -0.05) is 22.6 Å². The van der Waals surface area contributed by atoms with Gasteiger partial charge in [-0.25, -0.2) is 0 Å². The lowest BCUT2D eigenvalue weighted by Gasteiger charge is -2.36. The SMILES string of the molecule is CC(I)C(O)OCCCC(=O)OC(C)(C)C1CCNCC1. The van der Waals surface area contributed by atoms with Gasteiger partial charge in [-0.15, -0.1) is 0 Å². The smallest absolute Gasteiger partial charge is 0.306 e. The summed E-state index contributed by atoms with van der Waals surface area (Å²) in [5.41, 5.74) is -0.406. The summed E-state index contributed by atoms with van der Waals surface area (Å²) < 4.78 is 10.9. The molecule has 1 rings (SSSR count). The maximum Gasteiger partial charge on any atom is 0.306 e. The lowest BCUT2D eigenvalue weighted by molar-refractivity contribution is -0.163. The van der Waals surface area contributed by atoms with E-state index in [0.717, 1.165) is 25.9 Å². The Labute approximate surface area is 141 Å². The van der Waals surface area contributed by atoms with Gasteiger partial charge in [0.2, 0.25) is 0 Å². The Bertz CT molecular complexity index is 317. The lowest BCUT2D eigenvalue weighted by atomic mass is 9.83. The molecule has 0 aromatic rings. The van der Waals surface area contributed by atoms with Gasteiger partial charge in [0.05, 0.1) is 10.5 Å². The summed E-state index contributed by atoms with van der Waals surface area (Å²) in [7, 11) is 0. The van der Waals surface area contributed by atoms with Crippen molar-refractivity contribution in [3.05, 3.63) is 0 Å². The maximum atomic E-state index is 11.9. The van der Waals surface area contributed by atoms with Crippen molar-refractivity contribution in [2.24, 2.45) is 5.92 Å². The topological polar surface area (TPSA) is 67.8 Å². The molecule has 1 fully saturated rings. The van der Waals surface area contributed by atoms with E-state index in [1.165, 1.54) is 0 Å². The number of aliphatic hydroxyl groups excluding tert-OH is 1. The van der Waals surface area contributed by atoms with E-state index in [0.29, 0.717) is 25.4 Å². The van der Waals surface area contributed by atoms with Crippen molar-refractivity contribution in [2.45, 2.75) is 62.3 Å². The molecule has 0 aliphatic carbocycles. The van der Waals surface area contributed by atoms with Gasteiger partial charge in [-0.3, -0.25) is 4.79 Å². The number of carbonyl (C=O) groups excluding carboxylic acids is 1. The number of nitrogens with one attached hydrogen (secondary N) is 1. The van der Waals surface area contributed by atoms with E-state index in [2.05, 4.69) is 27.9 Å². The number of hydrogen-bond donors (Lipinski definition) is 2. The summed E-state index contributed by atoms with van der Waals surface area (Å²) in [6.45, 7) is 8.23. The fourth-order valence-corrected chi connectivity index (χ4v) is 2.71. The van der Waals surface area contributed by atoms with Gasteiger partial charge in [0.1, 0.15) is 5.60 Å². The van der Waals surface area contributed by atoms with Gasteiger partial charge in [0.15, 0.2) is 6.29 Å². The predicted molar refractivity (Wildman–Crippen MR) is 90.4 cm³/mol. The standard InChI is InChI=1S/C15H28INO4/c1-11(16)14(19)20-10-4-5-13(18)21-15(2,3)12-6-8-17-9-7-12/h11-12,14,17,19H,4-10H2,1-3H3. The Morgan fingerprint density at radius 2 is 2.05 bits per heavy atom. The van der Waals surface area contributed by atoms with Crippen molar-refractivity contribution in [1.82, 2.24) is 5.32 Å². The Morgan fingerprint density at radius 1 is 1.43 bits per heavy atom. The van der Waals surface area contributed by atoms with Crippen molar-refractivity contribution in [3.63, 3.8) is 0 Å². The van der Waals surface area contributed by atoms with Crippen LogP contribution in [0, 0.1) is 5.92 Å². The Balaban J connectivity index is 2.23. The highest BCUT2D eigenvalue weighted by Gasteiger charge is 2.33. The zero-order chi connectivity index (χ0) is 15.9. The first kappa shape index (κ1) is 19.1. The molecule has 2 N–H and O–H groups in total. The molecule has 2 atom stereocenters. The number of carbonyl (C=O) groups is 1. The fourth-order valence-electron chi connectivity index (χ4n) is 2.50. The van der Waals surface area contributed by atoms with Crippen LogP contribution < -0.4 is 5.32 Å². The van der Waals surface area contributed by atoms with Gasteiger partial charge < -0.3 is 19.9 Å². The third kappa shape index (κ3) is 7.25. The molecule has 0 saturated carbocycles. The molecular formula is C15H28INO4. The summed E-state index contributed by atoms with van der Waals surface area (Å²) in [5.74, 6) is 0.236. The van der Waals surface area contributed by atoms with E-state index < -0.39 is 11.9 Å². The zero-order valence-electron chi connectivity index (χ0n) is 13.2. The fraction of sp³-hybridized carbons (Fsp3) is 0.933. The molecule has 6 heteroatoms. The van der Waals surface area contributed by atoms with Crippen molar-refractivity contribution >= 4 is 28.6 Å². The maximum absolute atomic E-state index is 11.9. The van der Waals surface area contributed by atoms with E-state index in [1.807, 2.05) is 20.8 Å². The molecule has 0 amide bonds. The van der Waals surface area contributed by atoms with Crippen LogP contribution in [-0.4, -0.2) is 46.6 Å². The first-order valence-corrected chi connectivity index (χ1v) is 8.94. The molecule has 124 valence electrons. The largest absolute Gasteiger partial charge is 0.459 e. The quantitative estimate of drug-likeness (QED) is 0.210. The molecule has 21 heavy (non-hydrogen) atoms. The third-order valence-electron chi connectivity index (χ3n) is 3.91. The lowest BCUT2D eigenvalue weighted by Crippen LogP contribution is -2.42. The first-order valence-electron chi connectivity index (χ1n) is 7.69. The number of hydrogen-bond acceptors (Lipinski definition) is 5. The second kappa shape index (κ2) is 9.27. The van der Waals surface area contributed by atoms with E-state index >= 15 is 0 Å². The molecule has 0 aromatic carbocycles. The van der Waals surface area contributed by atoms with Crippen LogP contribution in [0.4, 0.5) is 0 Å². The van der Waals surface area contributed by atoms with Gasteiger partial charge >= 0.3 is 5.97 Å². The average molecular weight is 413 g/mol. The van der Waals surface area contributed by atoms with E-state index in [-0.39, 0.29) is 9.89 Å². The highest BCUT2D eigenvalue weighted by atomic mass is 127. The minimum Gasteiger partial charge on any atom is -0.459 e. The molecular weight excluding hydrogens is 385 g/mol. The number of rotatable bonds is 8. The predicted octanol–water partition coefficient (Wildman–Crippen LogP) is 2.25. The van der Waals surface area contributed by atoms with Gasteiger partial charge in [-0.05, 0) is 53.1 Å². The monoisotopic (exact) mass is 413 g/mol. The highest BCUT2D eigenvalue weighted by molar-refractivity contribution is 14.1. The molecule has 0 bridgehead atoms. The minimum absolute atomic E-state index is 0.0356. The molecule has 1 heterocycles. The number of halogens is 1. The van der Waals surface area contributed by atoms with Crippen LogP contribution in [0.2, 0.25) is 0 Å².